The Bertz CT molecular complexity index is 331. The largest absolute Gasteiger partial charge is 0.379 e. The predicted octanol–water partition coefficient (Wildman–Crippen LogP) is 2.80. The fraction of sp³-hybridized carbons (Fsp3) is 0.929. The molecule has 0 saturated heterocycles. The molecule has 7 heteroatoms. The molecule has 0 saturated carbocycles. The molecule has 0 aromatic heterocycles. The van der Waals surface area contributed by atoms with E-state index in [2.05, 4.69) is 15.3 Å². The topological polar surface area (TPSA) is 96.3 Å². The first-order chi connectivity index (χ1) is 9.95. The molecule has 122 valence electrons. The minimum absolute atomic E-state index is 0.134. The first kappa shape index (κ1) is 19.7. The van der Waals surface area contributed by atoms with E-state index in [9.17, 15) is 4.79 Å². The highest BCUT2D eigenvalue weighted by Crippen LogP contribution is 2.14. The van der Waals surface area contributed by atoms with E-state index in [1.807, 2.05) is 13.8 Å². The summed E-state index contributed by atoms with van der Waals surface area (Å²) in [5, 5.41) is 6.49. The van der Waals surface area contributed by atoms with Gasteiger partial charge in [-0.3, -0.25) is 4.79 Å². The lowest BCUT2D eigenvalue weighted by Crippen LogP contribution is -2.43. The number of amides is 1. The molecule has 1 amide bonds. The Morgan fingerprint density at radius 1 is 1.24 bits per heavy atom. The van der Waals surface area contributed by atoms with Crippen LogP contribution in [0.15, 0.2) is 5.11 Å². The molecule has 0 radical (unpaired) electrons. The standard InChI is InChI=1S/C14H28N4O3/c1-5-7-20-10-12(11-21-8-6-2)16-13(19)9-14(3,4)17-18-15/h12H,5-11H2,1-4H3,(H,16,19). The van der Waals surface area contributed by atoms with Crippen molar-refractivity contribution >= 4 is 5.91 Å². The number of hydrogen-bond acceptors (Lipinski definition) is 4. The highest BCUT2D eigenvalue weighted by atomic mass is 16.5. The van der Waals surface area contributed by atoms with Crippen LogP contribution in [0.3, 0.4) is 0 Å². The lowest BCUT2D eigenvalue weighted by Gasteiger charge is -2.22. The van der Waals surface area contributed by atoms with Gasteiger partial charge in [0, 0.05) is 24.5 Å². The monoisotopic (exact) mass is 300 g/mol. The van der Waals surface area contributed by atoms with E-state index >= 15 is 0 Å². The number of ether oxygens (including phenoxy) is 2. The van der Waals surface area contributed by atoms with E-state index < -0.39 is 5.54 Å². The van der Waals surface area contributed by atoms with Crippen molar-refractivity contribution in [2.75, 3.05) is 26.4 Å². The first-order valence-corrected chi connectivity index (χ1v) is 7.46. The zero-order valence-electron chi connectivity index (χ0n) is 13.6. The maximum absolute atomic E-state index is 12.0. The third-order valence-electron chi connectivity index (χ3n) is 2.61. The second-order valence-corrected chi connectivity index (χ2v) is 5.59. The molecule has 0 aliphatic heterocycles. The molecule has 0 rings (SSSR count). The molecule has 0 aromatic carbocycles. The summed E-state index contributed by atoms with van der Waals surface area (Å²) in [6.45, 7) is 9.67. The van der Waals surface area contributed by atoms with Crippen LogP contribution in [0.5, 0.6) is 0 Å². The molecule has 0 atom stereocenters. The average Bonchev–Trinajstić information content (AvgIpc) is 2.38. The Kier molecular flexibility index (Phi) is 10.7. The molecule has 0 aliphatic rings. The Morgan fingerprint density at radius 2 is 1.76 bits per heavy atom. The van der Waals surface area contributed by atoms with Gasteiger partial charge in [0.2, 0.25) is 5.91 Å². The van der Waals surface area contributed by atoms with E-state index in [0.29, 0.717) is 26.4 Å². The first-order valence-electron chi connectivity index (χ1n) is 7.46. The van der Waals surface area contributed by atoms with Crippen LogP contribution in [0, 0.1) is 0 Å². The fourth-order valence-electron chi connectivity index (χ4n) is 1.70. The zero-order chi connectivity index (χ0) is 16.1. The van der Waals surface area contributed by atoms with Crippen molar-refractivity contribution in [2.24, 2.45) is 5.11 Å². The van der Waals surface area contributed by atoms with Crippen LogP contribution in [0.2, 0.25) is 0 Å². The van der Waals surface area contributed by atoms with Crippen LogP contribution < -0.4 is 5.32 Å². The van der Waals surface area contributed by atoms with Crippen molar-refractivity contribution < 1.29 is 14.3 Å². The summed E-state index contributed by atoms with van der Waals surface area (Å²) in [5.41, 5.74) is 7.73. The number of nitrogens with zero attached hydrogens (tertiary/aromatic N) is 3. The van der Waals surface area contributed by atoms with Gasteiger partial charge in [-0.05, 0) is 18.4 Å². The molecule has 0 heterocycles. The van der Waals surface area contributed by atoms with E-state index in [4.69, 9.17) is 15.0 Å². The van der Waals surface area contributed by atoms with Crippen LogP contribution in [-0.4, -0.2) is 43.9 Å². The van der Waals surface area contributed by atoms with Crippen molar-refractivity contribution in [3.63, 3.8) is 0 Å². The molecule has 0 fully saturated rings. The van der Waals surface area contributed by atoms with E-state index in [-0.39, 0.29) is 18.4 Å². The van der Waals surface area contributed by atoms with Crippen molar-refractivity contribution in [3.05, 3.63) is 10.4 Å². The van der Waals surface area contributed by atoms with E-state index in [0.717, 1.165) is 12.8 Å². The minimum atomic E-state index is -0.738. The quantitative estimate of drug-likeness (QED) is 0.260. The SMILES string of the molecule is CCCOCC(COCCC)NC(=O)CC(C)(C)N=[N+]=[N-]. The number of nitrogens with one attached hydrogen (secondary N) is 1. The van der Waals surface area contributed by atoms with Gasteiger partial charge < -0.3 is 14.8 Å². The molecule has 0 aromatic rings. The van der Waals surface area contributed by atoms with Gasteiger partial charge in [0.05, 0.1) is 24.8 Å². The molecule has 0 bridgehead atoms. The van der Waals surface area contributed by atoms with E-state index in [1.165, 1.54) is 0 Å². The van der Waals surface area contributed by atoms with Crippen molar-refractivity contribution in [3.8, 4) is 0 Å². The number of rotatable bonds is 12. The molecule has 7 nitrogen and oxygen atoms in total. The summed E-state index contributed by atoms with van der Waals surface area (Å²) in [6, 6.07) is -0.183. The molecule has 0 spiro atoms. The lowest BCUT2D eigenvalue weighted by atomic mass is 10.0. The predicted molar refractivity (Wildman–Crippen MR) is 82.0 cm³/mol. The average molecular weight is 300 g/mol. The smallest absolute Gasteiger partial charge is 0.221 e. The third kappa shape index (κ3) is 11.1. The summed E-state index contributed by atoms with van der Waals surface area (Å²) >= 11 is 0. The molecule has 0 aliphatic carbocycles. The van der Waals surface area contributed by atoms with Gasteiger partial charge in [0.1, 0.15) is 0 Å². The number of carbonyl (C=O) groups excluding carboxylic acids is 1. The third-order valence-corrected chi connectivity index (χ3v) is 2.61. The summed E-state index contributed by atoms with van der Waals surface area (Å²) < 4.78 is 11.0. The van der Waals surface area contributed by atoms with Gasteiger partial charge in [-0.2, -0.15) is 0 Å². The maximum atomic E-state index is 12.0. The molecular formula is C14H28N4O3. The normalized spacial score (nSPS) is 11.3. The summed E-state index contributed by atoms with van der Waals surface area (Å²) in [6.07, 6.45) is 2.00. The summed E-state index contributed by atoms with van der Waals surface area (Å²) in [4.78, 5) is 14.8. The maximum Gasteiger partial charge on any atom is 0.221 e. The van der Waals surface area contributed by atoms with Gasteiger partial charge in [0.15, 0.2) is 0 Å². The molecule has 1 N–H and O–H groups in total. The van der Waals surface area contributed by atoms with Gasteiger partial charge in [-0.15, -0.1) is 0 Å². The van der Waals surface area contributed by atoms with E-state index in [1.54, 1.807) is 13.8 Å². The summed E-state index contributed by atoms with van der Waals surface area (Å²) in [7, 11) is 0. The number of hydrogen-bond donors (Lipinski definition) is 1. The Morgan fingerprint density at radius 3 is 2.19 bits per heavy atom. The van der Waals surface area contributed by atoms with Crippen molar-refractivity contribution in [1.29, 1.82) is 0 Å². The van der Waals surface area contributed by atoms with Crippen molar-refractivity contribution in [2.45, 2.75) is 58.5 Å². The highest BCUT2D eigenvalue weighted by Gasteiger charge is 2.22. The number of carbonyl (C=O) groups is 1. The fourth-order valence-corrected chi connectivity index (χ4v) is 1.70. The van der Waals surface area contributed by atoms with Crippen molar-refractivity contribution in [1.82, 2.24) is 5.32 Å². The Hall–Kier alpha value is -1.30. The highest BCUT2D eigenvalue weighted by molar-refractivity contribution is 5.77. The second-order valence-electron chi connectivity index (χ2n) is 5.59. The van der Waals surface area contributed by atoms with Gasteiger partial charge in [-0.1, -0.05) is 32.8 Å². The second kappa shape index (κ2) is 11.4. The Balaban J connectivity index is 4.34. The molecule has 21 heavy (non-hydrogen) atoms. The molecular weight excluding hydrogens is 272 g/mol. The van der Waals surface area contributed by atoms with Gasteiger partial charge in [-0.25, -0.2) is 0 Å². The lowest BCUT2D eigenvalue weighted by molar-refractivity contribution is -0.123. The number of azide groups is 1. The molecule has 0 unspecified atom stereocenters. The zero-order valence-corrected chi connectivity index (χ0v) is 13.6. The van der Waals surface area contributed by atoms with Crippen LogP contribution in [0.4, 0.5) is 0 Å². The van der Waals surface area contributed by atoms with Crippen LogP contribution in [0.1, 0.15) is 47.0 Å². The summed E-state index contributed by atoms with van der Waals surface area (Å²) in [5.74, 6) is -0.169. The van der Waals surface area contributed by atoms with Crippen LogP contribution in [-0.2, 0) is 14.3 Å². The van der Waals surface area contributed by atoms with Crippen LogP contribution >= 0.6 is 0 Å². The Labute approximate surface area is 127 Å². The van der Waals surface area contributed by atoms with Crippen LogP contribution in [0.25, 0.3) is 10.4 Å². The minimum Gasteiger partial charge on any atom is -0.379 e. The van der Waals surface area contributed by atoms with Gasteiger partial charge in [0.25, 0.3) is 0 Å². The van der Waals surface area contributed by atoms with Gasteiger partial charge >= 0.3 is 0 Å².